The molecule has 0 aromatic carbocycles. The summed E-state index contributed by atoms with van der Waals surface area (Å²) in [5, 5.41) is 6.67. The van der Waals surface area contributed by atoms with Crippen LogP contribution >= 0.6 is 11.3 Å². The minimum Gasteiger partial charge on any atom is -0.465 e. The lowest BCUT2D eigenvalue weighted by Crippen LogP contribution is -2.17. The average molecular weight is 292 g/mol. The van der Waals surface area contributed by atoms with Gasteiger partial charge in [0.15, 0.2) is 0 Å². The van der Waals surface area contributed by atoms with Gasteiger partial charge in [-0.15, -0.1) is 11.3 Å². The molecule has 2 aromatic heterocycles. The maximum absolute atomic E-state index is 5.66. The number of nitrogens with zero attached hydrogens (tertiary/aromatic N) is 1. The highest BCUT2D eigenvalue weighted by Crippen LogP contribution is 2.30. The van der Waals surface area contributed by atoms with Crippen LogP contribution in [0.3, 0.4) is 0 Å². The van der Waals surface area contributed by atoms with Gasteiger partial charge in [0.25, 0.3) is 0 Å². The number of hydrogen-bond acceptors (Lipinski definition) is 5. The number of aryl methyl sites for hydroxylation is 1. The van der Waals surface area contributed by atoms with Gasteiger partial charge in [0.05, 0.1) is 11.7 Å². The van der Waals surface area contributed by atoms with Crippen LogP contribution in [0.25, 0.3) is 0 Å². The van der Waals surface area contributed by atoms with E-state index in [4.69, 9.17) is 9.15 Å². The van der Waals surface area contributed by atoms with Gasteiger partial charge in [0.1, 0.15) is 22.6 Å². The standard InChI is InChI=1S/C15H20N2O2S/c1-10-5-6-13(19-10)11(2)16-8-12-9-20-15(17-12)14-4-3-7-18-14/h5-6,9,11,14,16H,3-4,7-8H2,1-2H3/t11-,14-/m0/s1. The second-order valence-electron chi connectivity index (χ2n) is 5.23. The summed E-state index contributed by atoms with van der Waals surface area (Å²) in [6, 6.07) is 4.20. The molecule has 108 valence electrons. The summed E-state index contributed by atoms with van der Waals surface area (Å²) >= 11 is 1.70. The molecular formula is C15H20N2O2S. The quantitative estimate of drug-likeness (QED) is 0.912. The molecule has 20 heavy (non-hydrogen) atoms. The Kier molecular flexibility index (Phi) is 4.19. The van der Waals surface area contributed by atoms with E-state index in [-0.39, 0.29) is 12.1 Å². The molecule has 0 unspecified atom stereocenters. The number of rotatable bonds is 5. The molecule has 1 aliphatic heterocycles. The van der Waals surface area contributed by atoms with Crippen LogP contribution in [0.2, 0.25) is 0 Å². The lowest BCUT2D eigenvalue weighted by atomic mass is 10.2. The van der Waals surface area contributed by atoms with Crippen molar-refractivity contribution in [1.29, 1.82) is 0 Å². The van der Waals surface area contributed by atoms with Crippen molar-refractivity contribution in [3.63, 3.8) is 0 Å². The van der Waals surface area contributed by atoms with Crippen LogP contribution in [0.4, 0.5) is 0 Å². The van der Waals surface area contributed by atoms with Gasteiger partial charge in [-0.25, -0.2) is 4.98 Å². The van der Waals surface area contributed by atoms with Crippen molar-refractivity contribution in [2.45, 2.75) is 45.4 Å². The summed E-state index contributed by atoms with van der Waals surface area (Å²) in [5.41, 5.74) is 1.08. The highest BCUT2D eigenvalue weighted by atomic mass is 32.1. The molecule has 0 bridgehead atoms. The molecule has 0 amide bonds. The van der Waals surface area contributed by atoms with Crippen molar-refractivity contribution in [2.24, 2.45) is 0 Å². The smallest absolute Gasteiger partial charge is 0.122 e. The molecule has 0 radical (unpaired) electrons. The molecule has 2 atom stereocenters. The molecule has 1 fully saturated rings. The highest BCUT2D eigenvalue weighted by molar-refractivity contribution is 7.09. The lowest BCUT2D eigenvalue weighted by Gasteiger charge is -2.10. The molecule has 0 saturated carbocycles. The number of aromatic nitrogens is 1. The zero-order valence-corrected chi connectivity index (χ0v) is 12.7. The number of nitrogens with one attached hydrogen (secondary N) is 1. The third kappa shape index (κ3) is 3.11. The number of thiazole rings is 1. The van der Waals surface area contributed by atoms with Gasteiger partial charge in [-0.2, -0.15) is 0 Å². The largest absolute Gasteiger partial charge is 0.465 e. The molecule has 0 aliphatic carbocycles. The first-order valence-corrected chi connectivity index (χ1v) is 7.96. The predicted octanol–water partition coefficient (Wildman–Crippen LogP) is 3.75. The maximum atomic E-state index is 5.66. The zero-order chi connectivity index (χ0) is 13.9. The van der Waals surface area contributed by atoms with Crippen molar-refractivity contribution < 1.29 is 9.15 Å². The molecule has 1 aliphatic rings. The summed E-state index contributed by atoms with van der Waals surface area (Å²) in [7, 11) is 0. The van der Waals surface area contributed by atoms with Gasteiger partial charge in [-0.3, -0.25) is 0 Å². The Morgan fingerprint density at radius 2 is 2.40 bits per heavy atom. The molecule has 2 aromatic rings. The van der Waals surface area contributed by atoms with E-state index in [1.54, 1.807) is 11.3 Å². The Bertz CT molecular complexity index is 558. The van der Waals surface area contributed by atoms with Crippen molar-refractivity contribution in [3.8, 4) is 0 Å². The first-order valence-electron chi connectivity index (χ1n) is 7.08. The van der Waals surface area contributed by atoms with E-state index in [0.29, 0.717) is 0 Å². The second kappa shape index (κ2) is 6.08. The SMILES string of the molecule is Cc1ccc([C@H](C)NCc2csc([C@@H]3CCCO3)n2)o1. The normalized spacial score (nSPS) is 20.4. The summed E-state index contributed by atoms with van der Waals surface area (Å²) in [6.45, 7) is 5.69. The summed E-state index contributed by atoms with van der Waals surface area (Å²) in [6.07, 6.45) is 2.47. The van der Waals surface area contributed by atoms with Crippen molar-refractivity contribution in [1.82, 2.24) is 10.3 Å². The van der Waals surface area contributed by atoms with E-state index >= 15 is 0 Å². The molecule has 4 nitrogen and oxygen atoms in total. The van der Waals surface area contributed by atoms with Crippen molar-refractivity contribution in [3.05, 3.63) is 39.7 Å². The van der Waals surface area contributed by atoms with Crippen LogP contribution in [-0.4, -0.2) is 11.6 Å². The van der Waals surface area contributed by atoms with Crippen LogP contribution in [0.15, 0.2) is 21.9 Å². The predicted molar refractivity (Wildman–Crippen MR) is 78.7 cm³/mol. The topological polar surface area (TPSA) is 47.3 Å². The number of furan rings is 1. The molecule has 3 heterocycles. The fourth-order valence-corrected chi connectivity index (χ4v) is 3.27. The number of hydrogen-bond donors (Lipinski definition) is 1. The first-order chi connectivity index (χ1) is 9.72. The monoisotopic (exact) mass is 292 g/mol. The molecular weight excluding hydrogens is 272 g/mol. The average Bonchev–Trinajstić information content (AvgIpc) is 3.16. The van der Waals surface area contributed by atoms with E-state index in [1.807, 2.05) is 19.1 Å². The van der Waals surface area contributed by atoms with E-state index in [2.05, 4.69) is 22.6 Å². The fourth-order valence-electron chi connectivity index (χ4n) is 2.37. The third-order valence-electron chi connectivity index (χ3n) is 3.55. The van der Waals surface area contributed by atoms with E-state index in [9.17, 15) is 0 Å². The maximum Gasteiger partial charge on any atom is 0.122 e. The van der Waals surface area contributed by atoms with Gasteiger partial charge in [-0.1, -0.05) is 0 Å². The zero-order valence-electron chi connectivity index (χ0n) is 11.9. The van der Waals surface area contributed by atoms with Crippen LogP contribution in [-0.2, 0) is 11.3 Å². The van der Waals surface area contributed by atoms with Crippen molar-refractivity contribution >= 4 is 11.3 Å². The molecule has 5 heteroatoms. The Labute approximate surface area is 123 Å². The van der Waals surface area contributed by atoms with Crippen LogP contribution in [0.5, 0.6) is 0 Å². The van der Waals surface area contributed by atoms with E-state index in [1.165, 1.54) is 0 Å². The Hall–Kier alpha value is -1.17. The van der Waals surface area contributed by atoms with Gasteiger partial charge >= 0.3 is 0 Å². The third-order valence-corrected chi connectivity index (χ3v) is 4.54. The second-order valence-corrected chi connectivity index (χ2v) is 6.12. The summed E-state index contributed by atoms with van der Waals surface area (Å²) in [4.78, 5) is 4.66. The van der Waals surface area contributed by atoms with Crippen LogP contribution in [0, 0.1) is 6.92 Å². The van der Waals surface area contributed by atoms with E-state index < -0.39 is 0 Å². The first kappa shape index (κ1) is 13.8. The molecule has 0 spiro atoms. The summed E-state index contributed by atoms with van der Waals surface area (Å²) < 4.78 is 11.3. The Morgan fingerprint density at radius 3 is 3.10 bits per heavy atom. The highest BCUT2D eigenvalue weighted by Gasteiger charge is 2.21. The Balaban J connectivity index is 1.55. The van der Waals surface area contributed by atoms with E-state index in [0.717, 1.165) is 48.2 Å². The van der Waals surface area contributed by atoms with Crippen molar-refractivity contribution in [2.75, 3.05) is 6.61 Å². The van der Waals surface area contributed by atoms with Gasteiger partial charge < -0.3 is 14.5 Å². The minimum atomic E-state index is 0.191. The van der Waals surface area contributed by atoms with Crippen LogP contribution in [0.1, 0.15) is 54.1 Å². The minimum absolute atomic E-state index is 0.191. The van der Waals surface area contributed by atoms with Gasteiger partial charge in [0, 0.05) is 18.5 Å². The molecule has 1 saturated heterocycles. The van der Waals surface area contributed by atoms with Gasteiger partial charge in [-0.05, 0) is 38.8 Å². The van der Waals surface area contributed by atoms with Gasteiger partial charge in [0.2, 0.25) is 0 Å². The fraction of sp³-hybridized carbons (Fsp3) is 0.533. The molecule has 1 N–H and O–H groups in total. The molecule has 3 rings (SSSR count). The lowest BCUT2D eigenvalue weighted by molar-refractivity contribution is 0.111. The Morgan fingerprint density at radius 1 is 1.50 bits per heavy atom. The van der Waals surface area contributed by atoms with Crippen LogP contribution < -0.4 is 5.32 Å². The number of ether oxygens (including phenoxy) is 1. The summed E-state index contributed by atoms with van der Waals surface area (Å²) in [5.74, 6) is 1.92.